The van der Waals surface area contributed by atoms with Crippen molar-refractivity contribution in [3.63, 3.8) is 0 Å². The third-order valence-corrected chi connectivity index (χ3v) is 5.31. The van der Waals surface area contributed by atoms with Crippen molar-refractivity contribution in [2.75, 3.05) is 11.9 Å². The van der Waals surface area contributed by atoms with E-state index >= 15 is 0 Å². The minimum atomic E-state index is -0.386. The lowest BCUT2D eigenvalue weighted by molar-refractivity contribution is -0.119. The van der Waals surface area contributed by atoms with Crippen LogP contribution in [0.5, 0.6) is 0 Å². The number of hydrogen-bond donors (Lipinski definition) is 3. The summed E-state index contributed by atoms with van der Waals surface area (Å²) in [5.74, 6) is 0.165. The van der Waals surface area contributed by atoms with E-state index in [1.54, 1.807) is 41.4 Å². The van der Waals surface area contributed by atoms with Crippen molar-refractivity contribution >= 4 is 23.5 Å². The molecular formula is C26H25FN6O2. The van der Waals surface area contributed by atoms with E-state index in [0.717, 1.165) is 11.1 Å². The number of carbonyl (C=O) groups excluding carboxylic acids is 2. The lowest BCUT2D eigenvalue weighted by atomic mass is 10.1. The Balaban J connectivity index is 1.52. The van der Waals surface area contributed by atoms with Gasteiger partial charge in [0, 0.05) is 43.3 Å². The fourth-order valence-electron chi connectivity index (χ4n) is 3.50. The minimum absolute atomic E-state index is 0.171. The number of halogens is 1. The Kier molecular flexibility index (Phi) is 7.15. The molecule has 1 atom stereocenters. The first-order valence-corrected chi connectivity index (χ1v) is 11.0. The van der Waals surface area contributed by atoms with Gasteiger partial charge in [0.05, 0.1) is 11.6 Å². The number of hydrogen-bond acceptors (Lipinski definition) is 5. The molecule has 0 spiro atoms. The second kappa shape index (κ2) is 10.6. The first-order valence-electron chi connectivity index (χ1n) is 11.0. The molecule has 0 bridgehead atoms. The van der Waals surface area contributed by atoms with Crippen molar-refractivity contribution in [2.45, 2.75) is 19.9 Å². The highest BCUT2D eigenvalue weighted by atomic mass is 19.1. The minimum Gasteiger partial charge on any atom is -0.354 e. The van der Waals surface area contributed by atoms with Crippen LogP contribution in [0.15, 0.2) is 79.3 Å². The van der Waals surface area contributed by atoms with Gasteiger partial charge >= 0.3 is 0 Å². The van der Waals surface area contributed by atoms with Gasteiger partial charge in [0.15, 0.2) is 0 Å². The molecule has 4 rings (SSSR count). The molecule has 178 valence electrons. The van der Waals surface area contributed by atoms with Gasteiger partial charge in [0.1, 0.15) is 11.6 Å². The summed E-state index contributed by atoms with van der Waals surface area (Å²) < 4.78 is 14.9. The Labute approximate surface area is 202 Å². The lowest BCUT2D eigenvalue weighted by Crippen LogP contribution is -2.37. The fraction of sp³-hybridized carbons (Fsp3) is 0.154. The van der Waals surface area contributed by atoms with E-state index in [2.05, 4.69) is 25.9 Å². The summed E-state index contributed by atoms with van der Waals surface area (Å²) in [5, 5.41) is 8.80. The first kappa shape index (κ1) is 23.6. The predicted molar refractivity (Wildman–Crippen MR) is 131 cm³/mol. The molecule has 8 nitrogen and oxygen atoms in total. The molecule has 0 saturated heterocycles. The number of nitrogens with one attached hydrogen (secondary N) is 3. The smallest absolute Gasteiger partial charge is 0.253 e. The predicted octanol–water partition coefficient (Wildman–Crippen LogP) is 4.07. The van der Waals surface area contributed by atoms with Crippen LogP contribution in [0.4, 0.5) is 16.0 Å². The molecule has 0 radical (unpaired) electrons. The van der Waals surface area contributed by atoms with Crippen LogP contribution in [0.1, 0.15) is 34.5 Å². The van der Waals surface area contributed by atoms with Crippen LogP contribution in [-0.2, 0) is 4.79 Å². The highest BCUT2D eigenvalue weighted by Crippen LogP contribution is 2.19. The Morgan fingerprint density at radius 2 is 1.80 bits per heavy atom. The SMILES string of the molecule is CC(=O)NCC(NC(=O)c1ccn(-c2nc(Nc3ccc(F)cc3)ncc2C)c1)c1ccccc1. The van der Waals surface area contributed by atoms with Gasteiger partial charge in [0.25, 0.3) is 5.91 Å². The fourth-order valence-corrected chi connectivity index (χ4v) is 3.50. The van der Waals surface area contributed by atoms with Crippen LogP contribution in [0.25, 0.3) is 5.82 Å². The zero-order chi connectivity index (χ0) is 24.8. The van der Waals surface area contributed by atoms with Gasteiger partial charge in [0.2, 0.25) is 11.9 Å². The number of carbonyl (C=O) groups is 2. The topological polar surface area (TPSA) is 101 Å². The normalized spacial score (nSPS) is 11.5. The number of benzene rings is 2. The zero-order valence-corrected chi connectivity index (χ0v) is 19.3. The molecule has 0 aliphatic heterocycles. The number of aromatic nitrogens is 3. The third kappa shape index (κ3) is 6.08. The van der Waals surface area contributed by atoms with Crippen molar-refractivity contribution in [3.05, 3.63) is 102 Å². The summed E-state index contributed by atoms with van der Waals surface area (Å²) in [5.41, 5.74) is 2.79. The van der Waals surface area contributed by atoms with Gasteiger partial charge < -0.3 is 20.5 Å². The highest BCUT2D eigenvalue weighted by Gasteiger charge is 2.18. The summed E-state index contributed by atoms with van der Waals surface area (Å²) in [7, 11) is 0. The van der Waals surface area contributed by atoms with Crippen LogP contribution in [0.2, 0.25) is 0 Å². The molecule has 9 heteroatoms. The Bertz CT molecular complexity index is 1320. The maximum Gasteiger partial charge on any atom is 0.253 e. The Morgan fingerprint density at radius 1 is 1.06 bits per heavy atom. The quantitative estimate of drug-likeness (QED) is 0.359. The van der Waals surface area contributed by atoms with Crippen molar-refractivity contribution < 1.29 is 14.0 Å². The van der Waals surface area contributed by atoms with Gasteiger partial charge in [-0.2, -0.15) is 4.98 Å². The van der Waals surface area contributed by atoms with E-state index < -0.39 is 0 Å². The summed E-state index contributed by atoms with van der Waals surface area (Å²) in [4.78, 5) is 33.3. The number of rotatable bonds is 8. The largest absolute Gasteiger partial charge is 0.354 e. The third-order valence-electron chi connectivity index (χ3n) is 5.31. The summed E-state index contributed by atoms with van der Waals surface area (Å²) >= 11 is 0. The molecule has 0 aliphatic carbocycles. The molecule has 1 unspecified atom stereocenters. The number of aryl methyl sites for hydroxylation is 1. The highest BCUT2D eigenvalue weighted by molar-refractivity contribution is 5.94. The first-order chi connectivity index (χ1) is 16.9. The number of amides is 2. The van der Waals surface area contributed by atoms with Gasteiger partial charge in [-0.15, -0.1) is 0 Å². The molecule has 0 aliphatic rings. The maximum atomic E-state index is 13.2. The van der Waals surface area contributed by atoms with E-state index in [-0.39, 0.29) is 30.2 Å². The standard InChI is InChI=1S/C26H25FN6O2/c1-17-14-29-26(30-22-10-8-21(27)9-11-22)32-24(17)33-13-12-20(16-33)25(35)31-23(15-28-18(2)34)19-6-4-3-5-7-19/h3-14,16,23H,15H2,1-2H3,(H,28,34)(H,31,35)(H,29,30,32). The number of anilines is 2. The van der Waals surface area contributed by atoms with Gasteiger partial charge in [-0.3, -0.25) is 9.59 Å². The monoisotopic (exact) mass is 472 g/mol. The van der Waals surface area contributed by atoms with Crippen molar-refractivity contribution in [1.82, 2.24) is 25.2 Å². The Hall–Kier alpha value is -4.53. The maximum absolute atomic E-state index is 13.2. The van der Waals surface area contributed by atoms with E-state index in [9.17, 15) is 14.0 Å². The summed E-state index contributed by atoms with van der Waals surface area (Å²) in [6.07, 6.45) is 5.11. The van der Waals surface area contributed by atoms with Crippen molar-refractivity contribution in [1.29, 1.82) is 0 Å². The molecule has 2 amide bonds. The average Bonchev–Trinajstić information content (AvgIpc) is 3.35. The van der Waals surface area contributed by atoms with E-state index in [1.807, 2.05) is 37.3 Å². The molecule has 0 saturated carbocycles. The van der Waals surface area contributed by atoms with Gasteiger partial charge in [-0.05, 0) is 42.8 Å². The van der Waals surface area contributed by atoms with Crippen LogP contribution in [0.3, 0.4) is 0 Å². The van der Waals surface area contributed by atoms with Crippen LogP contribution in [-0.4, -0.2) is 32.9 Å². The molecule has 35 heavy (non-hydrogen) atoms. The molecule has 2 aromatic carbocycles. The zero-order valence-electron chi connectivity index (χ0n) is 19.3. The summed E-state index contributed by atoms with van der Waals surface area (Å²) in [6.45, 7) is 3.58. The summed E-state index contributed by atoms with van der Waals surface area (Å²) in [6, 6.07) is 16.7. The molecule has 3 N–H and O–H groups in total. The molecule has 0 fully saturated rings. The average molecular weight is 473 g/mol. The van der Waals surface area contributed by atoms with Crippen LogP contribution >= 0.6 is 0 Å². The van der Waals surface area contributed by atoms with Crippen LogP contribution < -0.4 is 16.0 Å². The Morgan fingerprint density at radius 3 is 2.51 bits per heavy atom. The van der Waals surface area contributed by atoms with E-state index in [4.69, 9.17) is 0 Å². The molecule has 2 heterocycles. The number of nitrogens with zero attached hydrogens (tertiary/aromatic N) is 3. The molecule has 2 aromatic heterocycles. The second-order valence-electron chi connectivity index (χ2n) is 8.01. The second-order valence-corrected chi connectivity index (χ2v) is 8.01. The van der Waals surface area contributed by atoms with Gasteiger partial charge in [-0.1, -0.05) is 30.3 Å². The van der Waals surface area contributed by atoms with Crippen molar-refractivity contribution in [3.8, 4) is 5.82 Å². The lowest BCUT2D eigenvalue weighted by Gasteiger charge is -2.19. The molecular weight excluding hydrogens is 447 g/mol. The molecule has 4 aromatic rings. The van der Waals surface area contributed by atoms with E-state index in [1.165, 1.54) is 19.1 Å². The van der Waals surface area contributed by atoms with Crippen molar-refractivity contribution in [2.24, 2.45) is 0 Å². The van der Waals surface area contributed by atoms with Crippen LogP contribution in [0, 0.1) is 12.7 Å². The van der Waals surface area contributed by atoms with E-state index in [0.29, 0.717) is 23.0 Å². The van der Waals surface area contributed by atoms with Gasteiger partial charge in [-0.25, -0.2) is 9.37 Å².